The summed E-state index contributed by atoms with van der Waals surface area (Å²) in [6, 6.07) is 11.0. The van der Waals surface area contributed by atoms with Gasteiger partial charge in [0.2, 0.25) is 0 Å². The van der Waals surface area contributed by atoms with Crippen molar-refractivity contribution in [1.29, 1.82) is 0 Å². The van der Waals surface area contributed by atoms with E-state index in [0.717, 1.165) is 5.39 Å². The summed E-state index contributed by atoms with van der Waals surface area (Å²) in [6.07, 6.45) is 4.94. The number of rotatable bonds is 7. The van der Waals surface area contributed by atoms with Crippen LogP contribution in [0.3, 0.4) is 0 Å². The van der Waals surface area contributed by atoms with Gasteiger partial charge in [0.15, 0.2) is 5.82 Å². The summed E-state index contributed by atoms with van der Waals surface area (Å²) in [7, 11) is 0. The molecule has 2 fully saturated rings. The third kappa shape index (κ3) is 4.63. The monoisotopic (exact) mass is 577 g/mol. The van der Waals surface area contributed by atoms with Gasteiger partial charge < -0.3 is 24.6 Å². The van der Waals surface area contributed by atoms with Crippen molar-refractivity contribution in [2.45, 2.75) is 37.8 Å². The van der Waals surface area contributed by atoms with Crippen molar-refractivity contribution >= 4 is 39.1 Å². The minimum atomic E-state index is -0.694. The van der Waals surface area contributed by atoms with Gasteiger partial charge in [0, 0.05) is 53.7 Å². The number of anilines is 1. The molecule has 2 aromatic carbocycles. The Hall–Kier alpha value is -3.93. The predicted molar refractivity (Wildman–Crippen MR) is 151 cm³/mol. The third-order valence-corrected chi connectivity index (χ3v) is 8.15. The number of aliphatic hydroxyl groups is 1. The van der Waals surface area contributed by atoms with Crippen molar-refractivity contribution in [3.05, 3.63) is 71.7 Å². The van der Waals surface area contributed by atoms with Gasteiger partial charge in [-0.3, -0.25) is 4.98 Å². The molecule has 2 aliphatic heterocycles. The molecule has 0 radical (unpaired) electrons. The summed E-state index contributed by atoms with van der Waals surface area (Å²) >= 11 is 6.54. The molecule has 2 N–H and O–H groups in total. The van der Waals surface area contributed by atoms with Gasteiger partial charge in [-0.25, -0.2) is 13.8 Å². The molecular formula is C29H26ClF2N7O2. The first kappa shape index (κ1) is 26.0. The van der Waals surface area contributed by atoms with Gasteiger partial charge in [-0.05, 0) is 17.9 Å². The van der Waals surface area contributed by atoms with Gasteiger partial charge in [-0.2, -0.15) is 9.97 Å². The van der Waals surface area contributed by atoms with E-state index in [2.05, 4.69) is 25.3 Å². The van der Waals surface area contributed by atoms with E-state index in [1.54, 1.807) is 29.1 Å². The Balaban J connectivity index is 1.32. The van der Waals surface area contributed by atoms with Gasteiger partial charge in [0.25, 0.3) is 0 Å². The first-order chi connectivity index (χ1) is 20.0. The average molecular weight is 578 g/mol. The zero-order valence-electron chi connectivity index (χ0n) is 21.8. The highest BCUT2D eigenvalue weighted by Gasteiger charge is 2.40. The van der Waals surface area contributed by atoms with Crippen LogP contribution in [0.1, 0.15) is 12.2 Å². The van der Waals surface area contributed by atoms with Crippen LogP contribution in [0.4, 0.5) is 14.6 Å². The van der Waals surface area contributed by atoms with Gasteiger partial charge in [-0.1, -0.05) is 41.9 Å². The minimum absolute atomic E-state index is 0.00663. The lowest BCUT2D eigenvalue weighted by molar-refractivity contribution is 0.163. The Kier molecular flexibility index (Phi) is 6.64. The summed E-state index contributed by atoms with van der Waals surface area (Å²) in [6.45, 7) is 0.813. The molecule has 0 aliphatic carbocycles. The summed E-state index contributed by atoms with van der Waals surface area (Å²) in [5.74, 6) is 0.159. The lowest BCUT2D eigenvalue weighted by Crippen LogP contribution is -2.53. The molecule has 5 heterocycles. The maximum Gasteiger partial charge on any atom is 0.319 e. The van der Waals surface area contributed by atoms with Crippen LogP contribution in [-0.2, 0) is 13.2 Å². The van der Waals surface area contributed by atoms with Crippen LogP contribution in [0.5, 0.6) is 6.01 Å². The quantitative estimate of drug-likeness (QED) is 0.295. The minimum Gasteiger partial charge on any atom is -0.461 e. The van der Waals surface area contributed by atoms with Crippen LogP contribution >= 0.6 is 11.6 Å². The number of aliphatic hydroxyl groups excluding tert-OH is 1. The van der Waals surface area contributed by atoms with Crippen molar-refractivity contribution in [3.63, 3.8) is 0 Å². The van der Waals surface area contributed by atoms with Crippen LogP contribution in [0.25, 0.3) is 32.9 Å². The highest BCUT2D eigenvalue weighted by Crippen LogP contribution is 2.38. The summed E-state index contributed by atoms with van der Waals surface area (Å²) in [4.78, 5) is 19.7. The molecule has 3 atom stereocenters. The Labute approximate surface area is 238 Å². The van der Waals surface area contributed by atoms with E-state index in [9.17, 15) is 9.50 Å². The Morgan fingerprint density at radius 1 is 1.12 bits per heavy atom. The van der Waals surface area contributed by atoms with E-state index in [0.29, 0.717) is 59.1 Å². The van der Waals surface area contributed by atoms with Crippen LogP contribution in [-0.4, -0.2) is 67.5 Å². The summed E-state index contributed by atoms with van der Waals surface area (Å²) < 4.78 is 37.2. The molecule has 9 nitrogen and oxygen atoms in total. The number of alkyl halides is 1. The number of nitrogens with one attached hydrogen (secondary N) is 1. The van der Waals surface area contributed by atoms with E-state index >= 15 is 4.39 Å². The number of benzene rings is 2. The molecule has 7 rings (SSSR count). The molecule has 3 aromatic heterocycles. The lowest BCUT2D eigenvalue weighted by Gasteiger charge is -2.34. The van der Waals surface area contributed by atoms with Crippen LogP contribution in [0.2, 0.25) is 5.02 Å². The maximum atomic E-state index is 16.4. The smallest absolute Gasteiger partial charge is 0.319 e. The number of halogens is 3. The highest BCUT2D eigenvalue weighted by atomic mass is 35.5. The van der Waals surface area contributed by atoms with Crippen molar-refractivity contribution < 1.29 is 18.6 Å². The second-order valence-electron chi connectivity index (χ2n) is 10.4. The van der Waals surface area contributed by atoms with Gasteiger partial charge in [0.05, 0.1) is 24.1 Å². The zero-order chi connectivity index (χ0) is 28.1. The van der Waals surface area contributed by atoms with Gasteiger partial charge in [-0.15, -0.1) is 0 Å². The van der Waals surface area contributed by atoms with E-state index in [1.165, 1.54) is 6.20 Å². The van der Waals surface area contributed by atoms with Crippen molar-refractivity contribution in [1.82, 2.24) is 29.8 Å². The fraction of sp³-hybridized carbons (Fsp3) is 0.310. The number of hydrogen-bond donors (Lipinski definition) is 2. The molecule has 12 heteroatoms. The van der Waals surface area contributed by atoms with Crippen LogP contribution < -0.4 is 15.0 Å². The number of pyridine rings is 1. The molecule has 0 amide bonds. The second-order valence-corrected chi connectivity index (χ2v) is 10.8. The largest absolute Gasteiger partial charge is 0.461 e. The van der Waals surface area contributed by atoms with Gasteiger partial charge in [0.1, 0.15) is 36.1 Å². The molecule has 2 saturated heterocycles. The van der Waals surface area contributed by atoms with Crippen LogP contribution in [0, 0.1) is 5.82 Å². The SMILES string of the molecule is O[C@@H]1CC2CN(c3nc(OCCn4ccnc4CF)nc4c(F)c(-c5cccc6cccc(Cl)c56)ncc34)CC1N2. The topological polar surface area (TPSA) is 101 Å². The number of ether oxygens (including phenoxy) is 1. The summed E-state index contributed by atoms with van der Waals surface area (Å²) in [5, 5.41) is 16.4. The molecule has 41 heavy (non-hydrogen) atoms. The summed E-state index contributed by atoms with van der Waals surface area (Å²) in [5.41, 5.74) is 0.739. The number of imidazole rings is 1. The Morgan fingerprint density at radius 2 is 1.98 bits per heavy atom. The fourth-order valence-corrected chi connectivity index (χ4v) is 6.19. The number of aromatic nitrogens is 5. The molecule has 2 unspecified atom stereocenters. The average Bonchev–Trinajstić information content (AvgIpc) is 3.54. The standard InChI is InChI=1S/C29H26ClF2N7O2/c30-20-6-2-4-16-3-1-5-18(24(16)20)26-25(32)27-19(13-34-26)28(39-14-17-11-22(40)21(15-39)35-17)37-29(36-27)41-10-9-38-8-7-33-23(38)12-31/h1-8,13,17,21-22,35,40H,9-12,14-15H2/t17?,21?,22-/m1/s1. The zero-order valence-corrected chi connectivity index (χ0v) is 22.6. The highest BCUT2D eigenvalue weighted by molar-refractivity contribution is 6.36. The molecule has 0 saturated carbocycles. The van der Waals surface area contributed by atoms with Crippen molar-refractivity contribution in [2.24, 2.45) is 0 Å². The number of hydrogen-bond acceptors (Lipinski definition) is 8. The van der Waals surface area contributed by atoms with Crippen molar-refractivity contribution in [3.8, 4) is 17.3 Å². The normalized spacial score (nSPS) is 20.3. The first-order valence-electron chi connectivity index (χ1n) is 13.4. The fourth-order valence-electron chi connectivity index (χ4n) is 5.91. The predicted octanol–water partition coefficient (Wildman–Crippen LogP) is 4.29. The number of nitrogens with zero attached hydrogens (tertiary/aromatic N) is 6. The number of piperazine rings is 1. The van der Waals surface area contributed by atoms with Crippen LogP contribution in [0.15, 0.2) is 55.0 Å². The molecular weight excluding hydrogens is 552 g/mol. The van der Waals surface area contributed by atoms with E-state index in [1.807, 2.05) is 29.2 Å². The van der Waals surface area contributed by atoms with E-state index in [-0.39, 0.29) is 35.9 Å². The van der Waals surface area contributed by atoms with Crippen molar-refractivity contribution in [2.75, 3.05) is 24.6 Å². The lowest BCUT2D eigenvalue weighted by atomic mass is 10.0. The second kappa shape index (κ2) is 10.5. The molecule has 5 aromatic rings. The molecule has 2 bridgehead atoms. The number of fused-ring (bicyclic) bond motifs is 4. The van der Waals surface area contributed by atoms with E-state index < -0.39 is 18.6 Å². The molecule has 0 spiro atoms. The molecule has 210 valence electrons. The Bertz CT molecular complexity index is 1760. The Morgan fingerprint density at radius 3 is 2.80 bits per heavy atom. The van der Waals surface area contributed by atoms with E-state index in [4.69, 9.17) is 16.3 Å². The molecule has 2 aliphatic rings. The third-order valence-electron chi connectivity index (χ3n) is 7.83. The maximum absolute atomic E-state index is 16.4. The first-order valence-corrected chi connectivity index (χ1v) is 13.8. The van der Waals surface area contributed by atoms with Gasteiger partial charge >= 0.3 is 6.01 Å².